The van der Waals surface area contributed by atoms with Gasteiger partial charge in [0.15, 0.2) is 0 Å². The number of carbonyl (C=O) groups excluding carboxylic acids is 1. The summed E-state index contributed by atoms with van der Waals surface area (Å²) in [6, 6.07) is -0.0573. The van der Waals surface area contributed by atoms with E-state index in [2.05, 4.69) is 19.2 Å². The standard InChI is InChI=1S/C16H30N2O2S/c1-5-11(2)14-16(19)18(10-12(3)21(4)20)15(17-14)13-8-6-7-9-13/h11-15,17H,5-10H2,1-4H3. The van der Waals surface area contributed by atoms with Crippen LogP contribution in [0.1, 0.15) is 52.9 Å². The van der Waals surface area contributed by atoms with Gasteiger partial charge in [0.1, 0.15) is 0 Å². The third-order valence-electron chi connectivity index (χ3n) is 5.32. The van der Waals surface area contributed by atoms with E-state index in [1.165, 1.54) is 25.7 Å². The highest BCUT2D eigenvalue weighted by molar-refractivity contribution is 7.84. The predicted molar refractivity (Wildman–Crippen MR) is 87.4 cm³/mol. The minimum Gasteiger partial charge on any atom is -0.324 e. The van der Waals surface area contributed by atoms with Crippen molar-refractivity contribution < 1.29 is 9.00 Å². The molecule has 4 nitrogen and oxygen atoms in total. The van der Waals surface area contributed by atoms with Crippen LogP contribution in [0.3, 0.4) is 0 Å². The largest absolute Gasteiger partial charge is 0.324 e. The smallest absolute Gasteiger partial charge is 0.241 e. The third-order valence-corrected chi connectivity index (χ3v) is 6.60. The molecule has 0 radical (unpaired) electrons. The molecule has 2 aliphatic rings. The van der Waals surface area contributed by atoms with Gasteiger partial charge in [0.2, 0.25) is 5.91 Å². The number of hydrogen-bond donors (Lipinski definition) is 1. The molecular weight excluding hydrogens is 284 g/mol. The molecule has 1 amide bonds. The Morgan fingerprint density at radius 3 is 2.48 bits per heavy atom. The van der Waals surface area contributed by atoms with Crippen LogP contribution in [0.5, 0.6) is 0 Å². The average molecular weight is 314 g/mol. The zero-order chi connectivity index (χ0) is 15.6. The monoisotopic (exact) mass is 314 g/mol. The van der Waals surface area contributed by atoms with Crippen LogP contribution in [-0.4, -0.2) is 45.3 Å². The van der Waals surface area contributed by atoms with Crippen molar-refractivity contribution in [1.82, 2.24) is 10.2 Å². The lowest BCUT2D eigenvalue weighted by Gasteiger charge is -2.30. The molecule has 5 atom stereocenters. The highest BCUT2D eigenvalue weighted by atomic mass is 32.2. The molecule has 5 heteroatoms. The van der Waals surface area contributed by atoms with E-state index in [1.54, 1.807) is 6.26 Å². The highest BCUT2D eigenvalue weighted by Crippen LogP contribution is 2.33. The first kappa shape index (κ1) is 16.9. The third kappa shape index (κ3) is 3.67. The second-order valence-electron chi connectivity index (χ2n) is 6.82. The molecule has 21 heavy (non-hydrogen) atoms. The summed E-state index contributed by atoms with van der Waals surface area (Å²) in [5, 5.41) is 3.64. The summed E-state index contributed by atoms with van der Waals surface area (Å²) in [5.74, 6) is 1.15. The first-order valence-corrected chi connectivity index (χ1v) is 9.96. The first-order valence-electron chi connectivity index (χ1n) is 8.34. The van der Waals surface area contributed by atoms with Gasteiger partial charge in [-0.3, -0.25) is 14.3 Å². The van der Waals surface area contributed by atoms with E-state index in [1.807, 2.05) is 11.8 Å². The fourth-order valence-corrected chi connectivity index (χ4v) is 3.92. The molecule has 2 rings (SSSR count). The maximum Gasteiger partial charge on any atom is 0.241 e. The van der Waals surface area contributed by atoms with Crippen LogP contribution < -0.4 is 5.32 Å². The molecule has 1 aliphatic heterocycles. The van der Waals surface area contributed by atoms with E-state index >= 15 is 0 Å². The second-order valence-corrected chi connectivity index (χ2v) is 8.62. The van der Waals surface area contributed by atoms with Gasteiger partial charge in [-0.1, -0.05) is 33.1 Å². The van der Waals surface area contributed by atoms with E-state index in [0.29, 0.717) is 18.4 Å². The number of amides is 1. The Labute approximate surface area is 131 Å². The van der Waals surface area contributed by atoms with Crippen LogP contribution in [0.4, 0.5) is 0 Å². The van der Waals surface area contributed by atoms with Crippen molar-refractivity contribution in [2.75, 3.05) is 12.8 Å². The fourth-order valence-electron chi connectivity index (χ4n) is 3.55. The van der Waals surface area contributed by atoms with Crippen LogP contribution in [0.15, 0.2) is 0 Å². The fraction of sp³-hybridized carbons (Fsp3) is 0.938. The summed E-state index contributed by atoms with van der Waals surface area (Å²) >= 11 is 0. The highest BCUT2D eigenvalue weighted by Gasteiger charge is 2.45. The van der Waals surface area contributed by atoms with Crippen molar-refractivity contribution in [2.24, 2.45) is 11.8 Å². The lowest BCUT2D eigenvalue weighted by Crippen LogP contribution is -2.46. The molecule has 0 aromatic carbocycles. The Bertz CT molecular complexity index is 396. The number of hydrogen-bond acceptors (Lipinski definition) is 3. The quantitative estimate of drug-likeness (QED) is 0.817. The van der Waals surface area contributed by atoms with Crippen LogP contribution in [-0.2, 0) is 15.6 Å². The second kappa shape index (κ2) is 7.23. The summed E-state index contributed by atoms with van der Waals surface area (Å²) in [6.07, 6.45) is 7.85. The van der Waals surface area contributed by atoms with Crippen molar-refractivity contribution >= 4 is 16.7 Å². The van der Waals surface area contributed by atoms with Crippen molar-refractivity contribution in [3.63, 3.8) is 0 Å². The Morgan fingerprint density at radius 1 is 1.33 bits per heavy atom. The van der Waals surface area contributed by atoms with E-state index < -0.39 is 10.8 Å². The van der Waals surface area contributed by atoms with Gasteiger partial charge in [-0.05, 0) is 31.6 Å². The van der Waals surface area contributed by atoms with Gasteiger partial charge in [0, 0.05) is 28.9 Å². The van der Waals surface area contributed by atoms with Gasteiger partial charge in [-0.15, -0.1) is 0 Å². The maximum atomic E-state index is 12.8. The molecule has 0 aromatic rings. The molecular formula is C16H30N2O2S. The van der Waals surface area contributed by atoms with E-state index in [4.69, 9.17) is 0 Å². The molecule has 1 aliphatic carbocycles. The molecule has 1 heterocycles. The van der Waals surface area contributed by atoms with E-state index in [9.17, 15) is 9.00 Å². The minimum atomic E-state index is -0.883. The lowest BCUT2D eigenvalue weighted by atomic mass is 9.99. The van der Waals surface area contributed by atoms with E-state index in [-0.39, 0.29) is 23.4 Å². The van der Waals surface area contributed by atoms with Gasteiger partial charge in [0.25, 0.3) is 0 Å². The zero-order valence-corrected chi connectivity index (χ0v) is 14.6. The summed E-state index contributed by atoms with van der Waals surface area (Å²) in [4.78, 5) is 14.8. The zero-order valence-electron chi connectivity index (χ0n) is 13.8. The van der Waals surface area contributed by atoms with Crippen molar-refractivity contribution in [1.29, 1.82) is 0 Å². The molecule has 122 valence electrons. The maximum absolute atomic E-state index is 12.8. The van der Waals surface area contributed by atoms with Crippen LogP contribution in [0.2, 0.25) is 0 Å². The van der Waals surface area contributed by atoms with Gasteiger partial charge >= 0.3 is 0 Å². The van der Waals surface area contributed by atoms with Crippen molar-refractivity contribution in [2.45, 2.75) is 70.3 Å². The number of rotatable bonds is 6. The Hall–Kier alpha value is -0.420. The van der Waals surface area contributed by atoms with Gasteiger partial charge in [-0.25, -0.2) is 0 Å². The Balaban J connectivity index is 2.14. The van der Waals surface area contributed by atoms with Crippen LogP contribution in [0, 0.1) is 11.8 Å². The molecule has 0 bridgehead atoms. The predicted octanol–water partition coefficient (Wildman–Crippen LogP) is 2.12. The van der Waals surface area contributed by atoms with Gasteiger partial charge in [0.05, 0.1) is 12.2 Å². The summed E-state index contributed by atoms with van der Waals surface area (Å²) < 4.78 is 11.7. The molecule has 1 saturated carbocycles. The minimum absolute atomic E-state index is 0.0373. The Kier molecular flexibility index (Phi) is 5.83. The van der Waals surface area contributed by atoms with Crippen LogP contribution >= 0.6 is 0 Å². The SMILES string of the molecule is CCC(C)C1NC(C2CCCC2)N(CC(C)S(C)=O)C1=O. The summed E-state index contributed by atoms with van der Waals surface area (Å²) in [6.45, 7) is 6.87. The number of nitrogens with one attached hydrogen (secondary N) is 1. The number of nitrogens with zero attached hydrogens (tertiary/aromatic N) is 1. The van der Waals surface area contributed by atoms with Gasteiger partial charge in [-0.2, -0.15) is 0 Å². The van der Waals surface area contributed by atoms with Crippen LogP contribution in [0.25, 0.3) is 0 Å². The van der Waals surface area contributed by atoms with Crippen molar-refractivity contribution in [3.8, 4) is 0 Å². The summed E-state index contributed by atoms with van der Waals surface area (Å²) in [5.41, 5.74) is 0. The molecule has 2 fully saturated rings. The average Bonchev–Trinajstić information content (AvgIpc) is 3.07. The molecule has 1 N–H and O–H groups in total. The Morgan fingerprint density at radius 2 is 1.95 bits per heavy atom. The first-order chi connectivity index (χ1) is 9.95. The summed E-state index contributed by atoms with van der Waals surface area (Å²) in [7, 11) is -0.883. The molecule has 5 unspecified atom stereocenters. The van der Waals surface area contributed by atoms with Crippen molar-refractivity contribution in [3.05, 3.63) is 0 Å². The number of carbonyl (C=O) groups is 1. The molecule has 0 aromatic heterocycles. The lowest BCUT2D eigenvalue weighted by molar-refractivity contribution is -0.131. The molecule has 1 saturated heterocycles. The molecule has 0 spiro atoms. The van der Waals surface area contributed by atoms with Gasteiger partial charge < -0.3 is 4.90 Å². The van der Waals surface area contributed by atoms with E-state index in [0.717, 1.165) is 6.42 Å². The normalized spacial score (nSPS) is 31.6. The topological polar surface area (TPSA) is 49.4 Å².